The Balaban J connectivity index is 2.20. The maximum atomic E-state index is 13.7. The number of nitrogens with one attached hydrogen (secondary N) is 1. The second-order valence-corrected chi connectivity index (χ2v) is 7.25. The summed E-state index contributed by atoms with van der Waals surface area (Å²) in [5.74, 6) is 0.537. The van der Waals surface area contributed by atoms with Crippen LogP contribution in [0.5, 0.6) is 0 Å². The van der Waals surface area contributed by atoms with Crippen LogP contribution < -0.4 is 0 Å². The average molecular weight is 413 g/mol. The minimum Gasteiger partial charge on any atom is -0.444 e. The van der Waals surface area contributed by atoms with Gasteiger partial charge in [0.05, 0.1) is 12.6 Å². The van der Waals surface area contributed by atoms with E-state index < -0.39 is 23.9 Å². The van der Waals surface area contributed by atoms with Crippen LogP contribution in [0.15, 0.2) is 9.21 Å². The molecule has 112 valence electrons. The zero-order chi connectivity index (χ0) is 15.1. The van der Waals surface area contributed by atoms with Gasteiger partial charge in [0.25, 0.3) is 0 Å². The molecule has 2 heterocycles. The highest BCUT2D eigenvalue weighted by atomic mass is 79.9. The number of amides is 1. The van der Waals surface area contributed by atoms with Crippen LogP contribution in [-0.4, -0.2) is 39.3 Å². The molecular weight excluding hydrogens is 397 g/mol. The van der Waals surface area contributed by atoms with Gasteiger partial charge in [0.2, 0.25) is 0 Å². The molecule has 8 heteroatoms. The molecular formula is C12H16Br2FN3O2. The number of nitrogens with zero attached hydrogens (tertiary/aromatic N) is 2. The predicted octanol–water partition coefficient (Wildman–Crippen LogP) is 3.95. The van der Waals surface area contributed by atoms with Gasteiger partial charge in [-0.3, -0.25) is 4.90 Å². The van der Waals surface area contributed by atoms with Crippen LogP contribution in [0.25, 0.3) is 0 Å². The van der Waals surface area contributed by atoms with E-state index in [0.717, 1.165) is 0 Å². The van der Waals surface area contributed by atoms with Gasteiger partial charge in [-0.1, -0.05) is 0 Å². The van der Waals surface area contributed by atoms with Crippen molar-refractivity contribution in [2.24, 2.45) is 0 Å². The summed E-state index contributed by atoms with van der Waals surface area (Å²) in [5.41, 5.74) is -0.611. The van der Waals surface area contributed by atoms with E-state index in [4.69, 9.17) is 4.74 Å². The van der Waals surface area contributed by atoms with Crippen molar-refractivity contribution < 1.29 is 13.9 Å². The van der Waals surface area contributed by atoms with Gasteiger partial charge in [0, 0.05) is 6.42 Å². The smallest absolute Gasteiger partial charge is 0.411 e. The van der Waals surface area contributed by atoms with Gasteiger partial charge in [-0.2, -0.15) is 0 Å². The van der Waals surface area contributed by atoms with Crippen LogP contribution in [0.3, 0.4) is 0 Å². The fraction of sp³-hybridized carbons (Fsp3) is 0.667. The van der Waals surface area contributed by atoms with Gasteiger partial charge in [0.1, 0.15) is 26.8 Å². The molecule has 1 aromatic rings. The molecule has 1 fully saturated rings. The first-order chi connectivity index (χ1) is 9.17. The van der Waals surface area contributed by atoms with E-state index in [9.17, 15) is 9.18 Å². The summed E-state index contributed by atoms with van der Waals surface area (Å²) in [7, 11) is 0. The monoisotopic (exact) mass is 411 g/mol. The Morgan fingerprint density at radius 2 is 2.15 bits per heavy atom. The van der Waals surface area contributed by atoms with Gasteiger partial charge in [-0.15, -0.1) is 0 Å². The molecule has 0 aliphatic carbocycles. The molecule has 1 amide bonds. The number of imidazole rings is 1. The van der Waals surface area contributed by atoms with Gasteiger partial charge in [0.15, 0.2) is 0 Å². The highest BCUT2D eigenvalue weighted by Gasteiger charge is 2.40. The molecule has 2 rings (SSSR count). The molecule has 5 nitrogen and oxygen atoms in total. The lowest BCUT2D eigenvalue weighted by Crippen LogP contribution is -2.37. The number of alkyl halides is 1. The molecule has 1 aromatic heterocycles. The highest BCUT2D eigenvalue weighted by molar-refractivity contribution is 9.13. The number of carbonyl (C=O) groups is 1. The van der Waals surface area contributed by atoms with Crippen LogP contribution >= 0.6 is 31.9 Å². The Labute approximate surface area is 133 Å². The number of hydrogen-bond acceptors (Lipinski definition) is 3. The van der Waals surface area contributed by atoms with Crippen molar-refractivity contribution in [1.82, 2.24) is 14.9 Å². The first-order valence-corrected chi connectivity index (χ1v) is 7.80. The van der Waals surface area contributed by atoms with Crippen molar-refractivity contribution in [3.63, 3.8) is 0 Å². The fourth-order valence-electron chi connectivity index (χ4n) is 2.07. The first-order valence-electron chi connectivity index (χ1n) is 6.22. The lowest BCUT2D eigenvalue weighted by molar-refractivity contribution is 0.0211. The van der Waals surface area contributed by atoms with E-state index in [1.165, 1.54) is 4.90 Å². The third kappa shape index (κ3) is 3.52. The van der Waals surface area contributed by atoms with E-state index >= 15 is 0 Å². The van der Waals surface area contributed by atoms with Crippen LogP contribution in [0.4, 0.5) is 9.18 Å². The summed E-state index contributed by atoms with van der Waals surface area (Å²) in [5, 5.41) is 0. The summed E-state index contributed by atoms with van der Waals surface area (Å²) in [6.45, 7) is 5.37. The molecule has 0 aromatic carbocycles. The molecule has 1 saturated heterocycles. The Morgan fingerprint density at radius 1 is 1.50 bits per heavy atom. The zero-order valence-corrected chi connectivity index (χ0v) is 14.6. The second kappa shape index (κ2) is 5.63. The number of halogens is 3. The van der Waals surface area contributed by atoms with E-state index in [0.29, 0.717) is 15.0 Å². The van der Waals surface area contributed by atoms with Gasteiger partial charge in [-0.05, 0) is 52.6 Å². The average Bonchev–Trinajstić information content (AvgIpc) is 2.81. The van der Waals surface area contributed by atoms with Crippen molar-refractivity contribution in [3.8, 4) is 0 Å². The van der Waals surface area contributed by atoms with Crippen molar-refractivity contribution in [2.45, 2.75) is 45.0 Å². The molecule has 0 unspecified atom stereocenters. The zero-order valence-electron chi connectivity index (χ0n) is 11.4. The minimum absolute atomic E-state index is 0.0233. The number of likely N-dealkylation sites (tertiary alicyclic amines) is 1. The van der Waals surface area contributed by atoms with E-state index in [2.05, 4.69) is 41.8 Å². The molecule has 20 heavy (non-hydrogen) atoms. The molecule has 1 aliphatic heterocycles. The molecule has 2 atom stereocenters. The highest BCUT2D eigenvalue weighted by Crippen LogP contribution is 2.35. The van der Waals surface area contributed by atoms with Crippen LogP contribution in [-0.2, 0) is 4.74 Å². The topological polar surface area (TPSA) is 58.2 Å². The summed E-state index contributed by atoms with van der Waals surface area (Å²) in [6.07, 6.45) is -1.38. The molecule has 0 radical (unpaired) electrons. The molecule has 1 aliphatic rings. The third-order valence-electron chi connectivity index (χ3n) is 2.83. The Bertz CT molecular complexity index is 496. The lowest BCUT2D eigenvalue weighted by Gasteiger charge is -2.27. The summed E-state index contributed by atoms with van der Waals surface area (Å²) in [4.78, 5) is 20.8. The molecule has 0 bridgehead atoms. The maximum absolute atomic E-state index is 13.7. The molecule has 0 spiro atoms. The Morgan fingerprint density at radius 3 is 2.65 bits per heavy atom. The fourth-order valence-corrected chi connectivity index (χ4v) is 2.65. The van der Waals surface area contributed by atoms with Crippen molar-refractivity contribution in [2.75, 3.05) is 6.54 Å². The SMILES string of the molecule is CC(C)(C)OC(=O)N1C[C@H](F)C[C@H]1c1nc(Br)c(Br)[nH]1. The lowest BCUT2D eigenvalue weighted by atomic mass is 10.2. The number of rotatable bonds is 1. The van der Waals surface area contributed by atoms with Crippen molar-refractivity contribution >= 4 is 38.0 Å². The van der Waals surface area contributed by atoms with Crippen molar-refractivity contribution in [1.29, 1.82) is 0 Å². The van der Waals surface area contributed by atoms with Gasteiger partial charge >= 0.3 is 6.09 Å². The normalized spacial score (nSPS) is 23.2. The molecule has 0 saturated carbocycles. The van der Waals surface area contributed by atoms with Crippen molar-refractivity contribution in [3.05, 3.63) is 15.0 Å². The van der Waals surface area contributed by atoms with Gasteiger partial charge in [-0.25, -0.2) is 14.2 Å². The predicted molar refractivity (Wildman–Crippen MR) is 79.2 cm³/mol. The summed E-state index contributed by atoms with van der Waals surface area (Å²) < 4.78 is 20.3. The van der Waals surface area contributed by atoms with E-state index in [1.807, 2.05) is 0 Å². The van der Waals surface area contributed by atoms with E-state index in [1.54, 1.807) is 20.8 Å². The number of ether oxygens (including phenoxy) is 1. The van der Waals surface area contributed by atoms with Crippen LogP contribution in [0.2, 0.25) is 0 Å². The number of aromatic amines is 1. The van der Waals surface area contributed by atoms with E-state index in [-0.39, 0.29) is 13.0 Å². The number of carbonyl (C=O) groups excluding carboxylic acids is 1. The first kappa shape index (κ1) is 15.8. The molecule has 1 N–H and O–H groups in total. The maximum Gasteiger partial charge on any atom is 0.411 e. The number of H-pyrrole nitrogens is 1. The quantitative estimate of drug-likeness (QED) is 0.759. The number of aromatic nitrogens is 2. The second-order valence-electron chi connectivity index (χ2n) is 5.71. The van der Waals surface area contributed by atoms with Crippen LogP contribution in [0, 0.1) is 0 Å². The Kier molecular flexibility index (Phi) is 4.44. The minimum atomic E-state index is -1.07. The van der Waals surface area contributed by atoms with Gasteiger partial charge < -0.3 is 9.72 Å². The number of hydrogen-bond donors (Lipinski definition) is 1. The Hall–Kier alpha value is -0.630. The summed E-state index contributed by atoms with van der Waals surface area (Å²) in [6, 6.07) is -0.442. The standard InChI is InChI=1S/C12H16Br2FN3O2/c1-12(2,3)20-11(19)18-5-6(15)4-7(18)10-16-8(13)9(14)17-10/h6-7H,4-5H2,1-3H3,(H,16,17)/t6-,7+/m1/s1. The largest absolute Gasteiger partial charge is 0.444 e. The van der Waals surface area contributed by atoms with Crippen LogP contribution in [0.1, 0.15) is 39.1 Å². The summed E-state index contributed by atoms with van der Waals surface area (Å²) >= 11 is 6.56. The third-order valence-corrected chi connectivity index (χ3v) is 4.51.